The van der Waals surface area contributed by atoms with Crippen LogP contribution in [0.15, 0.2) is 271 Å². The molecule has 0 N–H and O–H groups in total. The van der Waals surface area contributed by atoms with Gasteiger partial charge in [0, 0.05) is 49.9 Å². The molecule has 13 aromatic rings. The molecular weight excluding hydrogens is 837 g/mol. The first-order chi connectivity index (χ1) is 34.2. The average Bonchev–Trinajstić information content (AvgIpc) is 3.97. The molecule has 69 heavy (non-hydrogen) atoms. The lowest BCUT2D eigenvalue weighted by molar-refractivity contribution is 0.670. The first-order valence-corrected chi connectivity index (χ1v) is 23.6. The Bertz CT molecular complexity index is 3960. The predicted molar refractivity (Wildman–Crippen MR) is 290 cm³/mol. The summed E-state index contributed by atoms with van der Waals surface area (Å²) in [4.78, 5) is 2.36. The van der Waals surface area contributed by atoms with E-state index in [4.69, 9.17) is 4.42 Å². The Hall–Kier alpha value is -9.18. The Kier molecular flexibility index (Phi) is 9.84. The van der Waals surface area contributed by atoms with E-state index >= 15 is 0 Å². The maximum atomic E-state index is 6.53. The zero-order valence-corrected chi connectivity index (χ0v) is 37.7. The van der Waals surface area contributed by atoms with Gasteiger partial charge in [-0.15, -0.1) is 0 Å². The fourth-order valence-electron chi connectivity index (χ4n) is 10.3. The maximum absolute atomic E-state index is 6.53. The molecule has 0 atom stereocenters. The zero-order valence-electron chi connectivity index (χ0n) is 37.7. The Balaban J connectivity index is 0.882. The molecule has 0 aliphatic rings. The number of anilines is 3. The van der Waals surface area contributed by atoms with Crippen molar-refractivity contribution < 1.29 is 4.42 Å². The third-order valence-electron chi connectivity index (χ3n) is 13.6. The van der Waals surface area contributed by atoms with Gasteiger partial charge in [0.2, 0.25) is 0 Å². The molecule has 0 radical (unpaired) electrons. The molecule has 0 saturated heterocycles. The fraction of sp³-hybridized carbons (Fsp3) is 0. The monoisotopic (exact) mass is 880 g/mol. The Morgan fingerprint density at radius 1 is 0.275 bits per heavy atom. The summed E-state index contributed by atoms with van der Waals surface area (Å²) in [6, 6.07) is 95.9. The van der Waals surface area contributed by atoms with Crippen LogP contribution >= 0.6 is 0 Å². The summed E-state index contributed by atoms with van der Waals surface area (Å²) in [5.74, 6) is 0. The highest BCUT2D eigenvalue weighted by Crippen LogP contribution is 2.42. The molecule has 324 valence electrons. The summed E-state index contributed by atoms with van der Waals surface area (Å²) in [7, 11) is 0. The van der Waals surface area contributed by atoms with Crippen LogP contribution in [0.4, 0.5) is 17.1 Å². The number of nitrogens with zero attached hydrogens (tertiary/aromatic N) is 2. The maximum Gasteiger partial charge on any atom is 0.143 e. The van der Waals surface area contributed by atoms with Crippen molar-refractivity contribution in [2.75, 3.05) is 4.90 Å². The average molecular weight is 881 g/mol. The quantitative estimate of drug-likeness (QED) is 0.144. The minimum absolute atomic E-state index is 0.886. The normalized spacial score (nSPS) is 11.5. The van der Waals surface area contributed by atoms with Crippen LogP contribution in [0.5, 0.6) is 0 Å². The number of hydrogen-bond donors (Lipinski definition) is 0. The number of fused-ring (bicyclic) bond motifs is 6. The molecular formula is C66H44N2O. The van der Waals surface area contributed by atoms with E-state index in [2.05, 4.69) is 270 Å². The number of benzene rings is 11. The molecule has 3 heteroatoms. The van der Waals surface area contributed by atoms with Crippen LogP contribution in [-0.2, 0) is 0 Å². The number of hydrogen-bond acceptors (Lipinski definition) is 2. The van der Waals surface area contributed by atoms with Gasteiger partial charge < -0.3 is 13.9 Å². The number of para-hydroxylation sites is 3. The van der Waals surface area contributed by atoms with Crippen LogP contribution < -0.4 is 4.90 Å². The summed E-state index contributed by atoms with van der Waals surface area (Å²) in [6.45, 7) is 0. The van der Waals surface area contributed by atoms with Crippen molar-refractivity contribution in [3.63, 3.8) is 0 Å². The van der Waals surface area contributed by atoms with Gasteiger partial charge in [0.1, 0.15) is 11.2 Å². The molecule has 0 aliphatic carbocycles. The van der Waals surface area contributed by atoms with Crippen molar-refractivity contribution in [2.24, 2.45) is 0 Å². The van der Waals surface area contributed by atoms with Crippen LogP contribution in [0.3, 0.4) is 0 Å². The van der Waals surface area contributed by atoms with E-state index in [1.54, 1.807) is 0 Å². The molecule has 0 saturated carbocycles. The largest absolute Gasteiger partial charge is 0.455 e. The summed E-state index contributed by atoms with van der Waals surface area (Å²) in [6.07, 6.45) is 0. The van der Waals surface area contributed by atoms with Gasteiger partial charge in [0.25, 0.3) is 0 Å². The van der Waals surface area contributed by atoms with E-state index in [0.29, 0.717) is 0 Å². The number of rotatable bonds is 9. The molecule has 13 rings (SSSR count). The Morgan fingerprint density at radius 3 is 1.36 bits per heavy atom. The van der Waals surface area contributed by atoms with Gasteiger partial charge in [-0.3, -0.25) is 0 Å². The standard InChI is InChI=1S/C66H44N2O/c1-4-15-47(16-5-1)56-21-10-11-22-57(56)49-31-39-55(40-32-49)67(53-35-27-45(28-36-53)50-34-42-65-62(43-50)61-25-14-24-58(66(61)69-65)48-17-6-2-7-18-48)54-37-29-46(30-38-54)51-33-41-60-59-23-12-13-26-63(59)68(64(60)44-51)52-19-8-3-9-20-52/h1-44H. The highest BCUT2D eigenvalue weighted by molar-refractivity contribution is 6.11. The molecule has 0 unspecified atom stereocenters. The predicted octanol–water partition coefficient (Wildman–Crippen LogP) is 18.5. The van der Waals surface area contributed by atoms with Crippen LogP contribution in [0, 0.1) is 0 Å². The van der Waals surface area contributed by atoms with Crippen molar-refractivity contribution in [2.45, 2.75) is 0 Å². The lowest BCUT2D eigenvalue weighted by Crippen LogP contribution is -2.09. The molecule has 0 spiro atoms. The smallest absolute Gasteiger partial charge is 0.143 e. The van der Waals surface area contributed by atoms with Crippen LogP contribution in [-0.4, -0.2) is 4.57 Å². The Morgan fingerprint density at radius 2 is 0.725 bits per heavy atom. The topological polar surface area (TPSA) is 21.3 Å². The van der Waals surface area contributed by atoms with Crippen LogP contribution in [0.2, 0.25) is 0 Å². The molecule has 0 aliphatic heterocycles. The molecule has 0 fully saturated rings. The molecule has 0 amide bonds. The molecule has 2 aromatic heterocycles. The van der Waals surface area contributed by atoms with Crippen molar-refractivity contribution in [3.05, 3.63) is 267 Å². The fourth-order valence-corrected chi connectivity index (χ4v) is 10.3. The van der Waals surface area contributed by atoms with Crippen molar-refractivity contribution in [1.29, 1.82) is 0 Å². The second-order valence-corrected chi connectivity index (χ2v) is 17.7. The SMILES string of the molecule is c1ccc(-c2ccccc2-c2ccc(N(c3ccc(-c4ccc5oc6c(-c7ccccc7)cccc6c5c4)cc3)c3ccc(-c4ccc5c6ccccc6n(-c6ccccc6)c5c4)cc3)cc2)cc1. The van der Waals surface area contributed by atoms with Gasteiger partial charge in [-0.25, -0.2) is 0 Å². The minimum Gasteiger partial charge on any atom is -0.455 e. The van der Waals surface area contributed by atoms with E-state index in [0.717, 1.165) is 72.5 Å². The van der Waals surface area contributed by atoms with Crippen molar-refractivity contribution in [3.8, 4) is 61.3 Å². The molecule has 2 heterocycles. The van der Waals surface area contributed by atoms with Gasteiger partial charge in [-0.2, -0.15) is 0 Å². The highest BCUT2D eigenvalue weighted by atomic mass is 16.3. The summed E-state index contributed by atoms with van der Waals surface area (Å²) in [5.41, 5.74) is 20.2. The van der Waals surface area contributed by atoms with Gasteiger partial charge in [-0.05, 0) is 123 Å². The lowest BCUT2D eigenvalue weighted by atomic mass is 9.94. The lowest BCUT2D eigenvalue weighted by Gasteiger charge is -2.26. The first kappa shape index (κ1) is 40.1. The van der Waals surface area contributed by atoms with Gasteiger partial charge in [-0.1, -0.05) is 194 Å². The van der Waals surface area contributed by atoms with Gasteiger partial charge in [0.15, 0.2) is 0 Å². The Labute approximate surface area is 401 Å². The van der Waals surface area contributed by atoms with E-state index in [1.165, 1.54) is 49.6 Å². The molecule has 11 aromatic carbocycles. The van der Waals surface area contributed by atoms with E-state index in [-0.39, 0.29) is 0 Å². The van der Waals surface area contributed by atoms with Crippen molar-refractivity contribution in [1.82, 2.24) is 4.57 Å². The van der Waals surface area contributed by atoms with E-state index in [9.17, 15) is 0 Å². The second kappa shape index (κ2) is 16.9. The second-order valence-electron chi connectivity index (χ2n) is 17.7. The van der Waals surface area contributed by atoms with Crippen LogP contribution in [0.1, 0.15) is 0 Å². The zero-order chi connectivity index (χ0) is 45.7. The van der Waals surface area contributed by atoms with Crippen molar-refractivity contribution >= 4 is 60.8 Å². The summed E-state index contributed by atoms with van der Waals surface area (Å²) < 4.78 is 8.91. The number of aromatic nitrogens is 1. The molecule has 3 nitrogen and oxygen atoms in total. The van der Waals surface area contributed by atoms with Crippen LogP contribution in [0.25, 0.3) is 105 Å². The summed E-state index contributed by atoms with van der Waals surface area (Å²) >= 11 is 0. The van der Waals surface area contributed by atoms with Gasteiger partial charge >= 0.3 is 0 Å². The van der Waals surface area contributed by atoms with E-state index in [1.807, 2.05) is 6.07 Å². The number of furan rings is 1. The van der Waals surface area contributed by atoms with Gasteiger partial charge in [0.05, 0.1) is 11.0 Å². The summed E-state index contributed by atoms with van der Waals surface area (Å²) in [5, 5.41) is 4.73. The first-order valence-electron chi connectivity index (χ1n) is 23.6. The minimum atomic E-state index is 0.886. The van der Waals surface area contributed by atoms with E-state index < -0.39 is 0 Å². The molecule has 0 bridgehead atoms. The highest BCUT2D eigenvalue weighted by Gasteiger charge is 2.18. The third-order valence-corrected chi connectivity index (χ3v) is 13.6. The third kappa shape index (κ3) is 7.16.